The van der Waals surface area contributed by atoms with E-state index < -0.39 is 32.9 Å². The SMILES string of the molecule is CC(=O)/C(C(C)=NCCN=C(C)/C(C(C)=O)=C(\O)c1cccc([N+](=O)[O-])c1)=C(/O)c1cccc([N+](=O)[O-])c1. The number of nitro benzene ring substituents is 2. The van der Waals surface area contributed by atoms with Gasteiger partial charge in [0.25, 0.3) is 11.4 Å². The van der Waals surface area contributed by atoms with Crippen LogP contribution in [-0.2, 0) is 9.59 Å². The van der Waals surface area contributed by atoms with Crippen LogP contribution in [-0.4, -0.2) is 56.1 Å². The largest absolute Gasteiger partial charge is 0.506 e. The maximum atomic E-state index is 12.2. The molecule has 12 heteroatoms. The molecule has 0 radical (unpaired) electrons. The number of aliphatic hydroxyl groups is 2. The van der Waals surface area contributed by atoms with Gasteiger partial charge in [0.1, 0.15) is 11.5 Å². The van der Waals surface area contributed by atoms with Gasteiger partial charge in [-0.25, -0.2) is 0 Å². The minimum atomic E-state index is -0.619. The second kappa shape index (κ2) is 12.8. The first kappa shape index (κ1) is 29.2. The molecule has 2 aromatic carbocycles. The molecule has 0 aromatic heterocycles. The Hall–Kier alpha value is -5.00. The van der Waals surface area contributed by atoms with E-state index in [1.54, 1.807) is 0 Å². The Labute approximate surface area is 217 Å². The highest BCUT2D eigenvalue weighted by Crippen LogP contribution is 2.24. The van der Waals surface area contributed by atoms with Gasteiger partial charge in [0.15, 0.2) is 11.6 Å². The van der Waals surface area contributed by atoms with Gasteiger partial charge >= 0.3 is 0 Å². The number of benzene rings is 2. The van der Waals surface area contributed by atoms with E-state index in [0.717, 1.165) is 12.1 Å². The summed E-state index contributed by atoms with van der Waals surface area (Å²) in [4.78, 5) is 53.8. The van der Waals surface area contributed by atoms with Gasteiger partial charge in [0.05, 0.1) is 34.1 Å². The van der Waals surface area contributed by atoms with Crippen molar-refractivity contribution in [3.8, 4) is 0 Å². The predicted molar refractivity (Wildman–Crippen MR) is 143 cm³/mol. The Morgan fingerprint density at radius 1 is 0.711 bits per heavy atom. The Bertz CT molecular complexity index is 1310. The average Bonchev–Trinajstić information content (AvgIpc) is 2.86. The molecule has 12 nitrogen and oxygen atoms in total. The maximum absolute atomic E-state index is 12.2. The topological polar surface area (TPSA) is 186 Å². The van der Waals surface area contributed by atoms with Crippen molar-refractivity contribution in [1.82, 2.24) is 0 Å². The average molecular weight is 523 g/mol. The molecule has 0 aliphatic heterocycles. The van der Waals surface area contributed by atoms with Crippen LogP contribution in [0.1, 0.15) is 38.8 Å². The highest BCUT2D eigenvalue weighted by Gasteiger charge is 2.19. The lowest BCUT2D eigenvalue weighted by Crippen LogP contribution is -2.13. The van der Waals surface area contributed by atoms with Crippen molar-refractivity contribution in [2.24, 2.45) is 9.98 Å². The number of ketones is 2. The molecular formula is C26H26N4O8. The van der Waals surface area contributed by atoms with Crippen LogP contribution in [0.2, 0.25) is 0 Å². The number of aliphatic hydroxyl groups excluding tert-OH is 2. The first-order valence-electron chi connectivity index (χ1n) is 11.3. The monoisotopic (exact) mass is 522 g/mol. The number of hydrogen-bond acceptors (Lipinski definition) is 10. The highest BCUT2D eigenvalue weighted by atomic mass is 16.6. The van der Waals surface area contributed by atoms with Crippen molar-refractivity contribution in [2.45, 2.75) is 27.7 Å². The van der Waals surface area contributed by atoms with E-state index in [0.29, 0.717) is 0 Å². The van der Waals surface area contributed by atoms with Crippen LogP contribution in [0.15, 0.2) is 69.7 Å². The minimum Gasteiger partial charge on any atom is -0.506 e. The lowest BCUT2D eigenvalue weighted by Gasteiger charge is -2.09. The van der Waals surface area contributed by atoms with E-state index >= 15 is 0 Å². The van der Waals surface area contributed by atoms with Crippen molar-refractivity contribution in [3.63, 3.8) is 0 Å². The fourth-order valence-corrected chi connectivity index (χ4v) is 3.60. The van der Waals surface area contributed by atoms with Crippen molar-refractivity contribution >= 4 is 45.9 Å². The van der Waals surface area contributed by atoms with Crippen LogP contribution in [0.3, 0.4) is 0 Å². The lowest BCUT2D eigenvalue weighted by molar-refractivity contribution is -0.385. The van der Waals surface area contributed by atoms with Crippen molar-refractivity contribution in [1.29, 1.82) is 0 Å². The number of aliphatic imine (C=N–C) groups is 2. The molecule has 0 saturated carbocycles. The molecule has 0 spiro atoms. The second-order valence-electron chi connectivity index (χ2n) is 8.11. The molecule has 2 N–H and O–H groups in total. The van der Waals surface area contributed by atoms with Crippen LogP contribution < -0.4 is 0 Å². The molecule has 0 atom stereocenters. The van der Waals surface area contributed by atoms with Gasteiger partial charge in [-0.05, 0) is 27.7 Å². The summed E-state index contributed by atoms with van der Waals surface area (Å²) in [6, 6.07) is 10.4. The van der Waals surface area contributed by atoms with E-state index in [4.69, 9.17) is 0 Å². The van der Waals surface area contributed by atoms with E-state index in [-0.39, 0.29) is 58.2 Å². The van der Waals surface area contributed by atoms with Crippen molar-refractivity contribution in [2.75, 3.05) is 13.1 Å². The molecule has 0 amide bonds. The molecule has 0 unspecified atom stereocenters. The van der Waals surface area contributed by atoms with Gasteiger partial charge in [-0.15, -0.1) is 0 Å². The zero-order valence-electron chi connectivity index (χ0n) is 21.2. The van der Waals surface area contributed by atoms with Crippen LogP contribution in [0, 0.1) is 20.2 Å². The molecule has 0 fully saturated rings. The summed E-state index contributed by atoms with van der Waals surface area (Å²) >= 11 is 0. The quantitative estimate of drug-likeness (QED) is 0.105. The summed E-state index contributed by atoms with van der Waals surface area (Å²) in [6.45, 7) is 5.54. The third kappa shape index (κ3) is 7.26. The van der Waals surface area contributed by atoms with Crippen LogP contribution in [0.4, 0.5) is 11.4 Å². The van der Waals surface area contributed by atoms with Gasteiger partial charge < -0.3 is 10.2 Å². The number of carbonyl (C=O) groups excluding carboxylic acids is 2. The molecule has 38 heavy (non-hydrogen) atoms. The Morgan fingerprint density at radius 3 is 1.34 bits per heavy atom. The smallest absolute Gasteiger partial charge is 0.270 e. The molecule has 0 heterocycles. The summed E-state index contributed by atoms with van der Waals surface area (Å²) in [5, 5.41) is 43.4. The number of Topliss-reactive ketones (excluding diaryl/α,β-unsaturated/α-hetero) is 2. The van der Waals surface area contributed by atoms with Crippen LogP contribution in [0.5, 0.6) is 0 Å². The summed E-state index contributed by atoms with van der Waals surface area (Å²) in [7, 11) is 0. The van der Waals surface area contributed by atoms with Crippen molar-refractivity contribution in [3.05, 3.63) is 91.0 Å². The van der Waals surface area contributed by atoms with Gasteiger partial charge in [-0.2, -0.15) is 0 Å². The molecule has 0 bridgehead atoms. The van der Waals surface area contributed by atoms with Crippen molar-refractivity contribution < 1.29 is 29.6 Å². The summed E-state index contributed by atoms with van der Waals surface area (Å²) in [5.74, 6) is -1.91. The number of nitro groups is 2. The molecule has 2 rings (SSSR count). The molecule has 0 aliphatic carbocycles. The standard InChI is InChI=1S/C26H26N4O8/c1-15(23(17(3)31)25(33)19-7-5-9-21(13-19)29(35)36)27-11-12-28-16(2)24(18(4)32)26(34)20-8-6-10-22(14-20)30(37)38/h5-10,13-14,33-34H,11-12H2,1-4H3/b25-23+,26-24+,27-15?,28-16?. The number of hydrogen-bond donors (Lipinski definition) is 2. The summed E-state index contributed by atoms with van der Waals surface area (Å²) in [5.41, 5.74) is -0.204. The molecule has 0 saturated heterocycles. The summed E-state index contributed by atoms with van der Waals surface area (Å²) in [6.07, 6.45) is 0. The third-order valence-corrected chi connectivity index (χ3v) is 5.36. The predicted octanol–water partition coefficient (Wildman–Crippen LogP) is 4.84. The zero-order valence-corrected chi connectivity index (χ0v) is 21.2. The van der Waals surface area contributed by atoms with E-state index in [9.17, 15) is 40.0 Å². The fourth-order valence-electron chi connectivity index (χ4n) is 3.60. The first-order chi connectivity index (χ1) is 17.8. The molecule has 0 aliphatic rings. The minimum absolute atomic E-state index is 0.0466. The van der Waals surface area contributed by atoms with E-state index in [2.05, 4.69) is 9.98 Å². The zero-order chi connectivity index (χ0) is 28.6. The third-order valence-electron chi connectivity index (χ3n) is 5.36. The number of carbonyl (C=O) groups is 2. The van der Waals surface area contributed by atoms with E-state index in [1.807, 2.05) is 0 Å². The van der Waals surface area contributed by atoms with Gasteiger partial charge in [0.2, 0.25) is 0 Å². The Balaban J connectivity index is 2.32. The molecule has 198 valence electrons. The van der Waals surface area contributed by atoms with Gasteiger partial charge in [0, 0.05) is 46.8 Å². The van der Waals surface area contributed by atoms with Gasteiger partial charge in [-0.3, -0.25) is 39.8 Å². The van der Waals surface area contributed by atoms with E-state index in [1.165, 1.54) is 64.1 Å². The Morgan fingerprint density at radius 2 is 1.05 bits per heavy atom. The molecule has 2 aromatic rings. The number of allylic oxidation sites excluding steroid dienone is 2. The van der Waals surface area contributed by atoms with Crippen LogP contribution >= 0.6 is 0 Å². The number of nitrogens with zero attached hydrogens (tertiary/aromatic N) is 4. The number of non-ortho nitro benzene ring substituents is 2. The Kier molecular flexibility index (Phi) is 9.85. The second-order valence-corrected chi connectivity index (χ2v) is 8.11. The normalized spacial score (nSPS) is 13.4. The lowest BCUT2D eigenvalue weighted by atomic mass is 10.0. The number of rotatable bonds is 11. The van der Waals surface area contributed by atoms with Crippen LogP contribution in [0.25, 0.3) is 11.5 Å². The van der Waals surface area contributed by atoms with Gasteiger partial charge in [-0.1, -0.05) is 24.3 Å². The highest BCUT2D eigenvalue weighted by molar-refractivity contribution is 6.25. The fraction of sp³-hybridized carbons (Fsp3) is 0.231. The summed E-state index contributed by atoms with van der Waals surface area (Å²) < 4.78 is 0. The maximum Gasteiger partial charge on any atom is 0.270 e. The molecular weight excluding hydrogens is 496 g/mol. The first-order valence-corrected chi connectivity index (χ1v) is 11.3.